The van der Waals surface area contributed by atoms with Crippen LogP contribution in [0.3, 0.4) is 0 Å². The lowest BCUT2D eigenvalue weighted by atomic mass is 9.76. The maximum absolute atomic E-state index is 12.6. The molecule has 146 heavy (non-hydrogen) atoms. The highest BCUT2D eigenvalue weighted by molar-refractivity contribution is 6.34. The molecule has 22 rings (SSSR count). The number of esters is 4. The van der Waals surface area contributed by atoms with Crippen LogP contribution in [0.5, 0.6) is 0 Å². The summed E-state index contributed by atoms with van der Waals surface area (Å²) < 4.78 is 20.9. The number of aryl methyl sites for hydroxylation is 6. The molecule has 9 heterocycles. The number of ketones is 7. The summed E-state index contributed by atoms with van der Waals surface area (Å²) in [5.74, 6) is 1.65. The number of hydrogen-bond donors (Lipinski definition) is 0. The predicted molar refractivity (Wildman–Crippen MR) is 548 cm³/mol. The first-order valence-corrected chi connectivity index (χ1v) is 51.9. The van der Waals surface area contributed by atoms with Crippen LogP contribution in [-0.4, -0.2) is 144 Å². The number of carbonyl (C=O) groups is 11. The molecule has 30 nitrogen and oxygen atoms in total. The number of benzene rings is 2. The molecule has 4 atom stereocenters. The van der Waals surface area contributed by atoms with Gasteiger partial charge in [-0.3, -0.25) is 48.6 Å². The Balaban J connectivity index is 0.000000131. The molecule has 11 aliphatic carbocycles. The smallest absolute Gasteiger partial charge is 0.356 e. The molecule has 2 aromatic carbocycles. The van der Waals surface area contributed by atoms with Crippen LogP contribution in [0.4, 0.5) is 22.7 Å². The van der Waals surface area contributed by atoms with Gasteiger partial charge in [-0.15, -0.1) is 0 Å². The van der Waals surface area contributed by atoms with E-state index in [1.807, 2.05) is 54.6 Å². The highest BCUT2D eigenvalue weighted by atomic mass is 35.5. The highest BCUT2D eigenvalue weighted by Gasteiger charge is 2.49. The molecule has 4 saturated carbocycles. The van der Waals surface area contributed by atoms with Gasteiger partial charge in [0.25, 0.3) is 0 Å². The third-order valence-electron chi connectivity index (χ3n) is 28.5. The lowest BCUT2D eigenvalue weighted by molar-refractivity contribution is -0.614. The topological polar surface area (TPSA) is 393 Å². The van der Waals surface area contributed by atoms with Crippen molar-refractivity contribution in [2.75, 3.05) is 36.4 Å². The van der Waals surface area contributed by atoms with Gasteiger partial charge in [-0.1, -0.05) is 79.9 Å². The van der Waals surface area contributed by atoms with E-state index in [2.05, 4.69) is 55.7 Å². The van der Waals surface area contributed by atoms with E-state index in [0.717, 1.165) is 174 Å². The Bertz CT molecular complexity index is 6540. The minimum Gasteiger partial charge on any atom is -0.618 e. The maximum atomic E-state index is 12.6. The first kappa shape index (κ1) is 106. The fraction of sp³-hybridized carbons (Fsp3) is 0.430. The Morgan fingerprint density at radius 2 is 0.822 bits per heavy atom. The van der Waals surface area contributed by atoms with Gasteiger partial charge in [0, 0.05) is 112 Å². The predicted octanol–water partition coefficient (Wildman–Crippen LogP) is 21.5. The van der Waals surface area contributed by atoms with Crippen LogP contribution in [0.25, 0.3) is 9.69 Å². The Kier molecular flexibility index (Phi) is 36.6. The number of Topliss-reactive ketones (excluding diaryl/α,β-unsaturated/α-hetero) is 7. The molecule has 13 aliphatic rings. The van der Waals surface area contributed by atoms with Gasteiger partial charge in [-0.25, -0.2) is 53.8 Å². The number of ether oxygens (including phenoxy) is 4. The minimum absolute atomic E-state index is 0.0797. The minimum atomic E-state index is -0.427. The largest absolute Gasteiger partial charge is 0.618 e. The van der Waals surface area contributed by atoms with Crippen molar-refractivity contribution in [2.45, 2.75) is 258 Å². The zero-order valence-corrected chi connectivity index (χ0v) is 84.3. The van der Waals surface area contributed by atoms with Gasteiger partial charge in [0.15, 0.2) is 35.1 Å². The quantitative estimate of drug-likeness (QED) is 0.0197. The third-order valence-corrected chi connectivity index (χ3v) is 29.1. The molecule has 0 N–H and O–H groups in total. The normalized spacial score (nSPS) is 19.4. The first-order chi connectivity index (χ1) is 70.9. The van der Waals surface area contributed by atoms with Crippen LogP contribution in [0.2, 0.25) is 10.0 Å². The molecule has 0 amide bonds. The van der Waals surface area contributed by atoms with Crippen molar-refractivity contribution in [3.63, 3.8) is 0 Å². The van der Waals surface area contributed by atoms with Gasteiger partial charge in [0.05, 0.1) is 121 Å². The molecule has 2 aliphatic heterocycles. The van der Waals surface area contributed by atoms with Crippen molar-refractivity contribution in [3.8, 4) is 6.07 Å². The first-order valence-electron chi connectivity index (χ1n) is 51.1. The summed E-state index contributed by atoms with van der Waals surface area (Å²) in [5, 5.41) is 35.2. The van der Waals surface area contributed by atoms with E-state index in [-0.39, 0.29) is 82.3 Å². The van der Waals surface area contributed by atoms with Crippen molar-refractivity contribution in [3.05, 3.63) is 291 Å². The SMILES string of the molecule is CCOC(=O)c1ccc2c(n1)CC/C(=C\C1CCCC1)C2=O.CCOC(=O)c1ccc2c(n1)CCCC2=O.N#Cc1ccc2c(n1)CCCC2=O.O=C1CCCC(=O)C1.O=C1CCCc2c1ccc[n+]2[O-].O=C1CCCc2ncccc21.[C-]#[N+]c1ccc(N2N=C3c4ccc(C(=O)OCC)nc4CCC3C2C2CCCC2)cc1Cl.[C-]#[N+]c1ccc(N2N=C3c4ccc(C(=O)OCC)nc4CC[C@@H]3[C@@H]2C2CCCC2)cc1Cl. The van der Waals surface area contributed by atoms with Crippen molar-refractivity contribution in [2.24, 2.45) is 39.8 Å². The number of allylic oxidation sites excluding steroid dienone is 2. The molecule has 0 spiro atoms. The summed E-state index contributed by atoms with van der Waals surface area (Å²) in [6, 6.07) is 38.0. The van der Waals surface area contributed by atoms with E-state index in [1.165, 1.54) is 83.2 Å². The Morgan fingerprint density at radius 1 is 0.432 bits per heavy atom. The number of hydrazone groups is 2. The number of halogens is 2. The number of rotatable bonds is 13. The maximum Gasteiger partial charge on any atom is 0.356 e. The second-order valence-corrected chi connectivity index (χ2v) is 38.7. The Labute approximate surface area is 859 Å². The van der Waals surface area contributed by atoms with Crippen LogP contribution >= 0.6 is 23.2 Å². The molecule has 7 aromatic heterocycles. The molecule has 4 fully saturated rings. The summed E-state index contributed by atoms with van der Waals surface area (Å²) in [4.78, 5) is 159. The van der Waals surface area contributed by atoms with Crippen LogP contribution in [0.15, 0.2) is 156 Å². The molecular weight excluding hydrogens is 1890 g/mol. The number of hydrogen-bond acceptors (Lipinski definition) is 27. The molecule has 0 bridgehead atoms. The zero-order valence-electron chi connectivity index (χ0n) is 82.7. The molecule has 2 unspecified atom stereocenters. The number of anilines is 2. The standard InChI is InChI=1S/2C25H25ClN4O2.C18H21NO3.C12H13NO3.C10H8N2O.C9H9NO2.C9H9NO.C6H8O2/c2*1-3-32-25(31)22-13-9-17-20(28-22)12-10-18-23(17)29-30(24(18)15-6-4-5-7-15)16-8-11-21(27-2)19(26)14-16;1-2-22-18(21)16-10-8-14-15(19-16)9-7-13(17(14)20)11-12-5-3-4-6-12;1-2-16-12(15)10-7-6-8-9(13-10)4-3-5-11(8)14;11-6-7-4-5-8-9(12-7)2-1-3-10(8)13;11-9-5-1-4-8-7(9)3-2-6-10(8)12;11-9-5-1-4-8-7(9)3-2-6-10-8;7-5-2-1-3-6(8)4-5/h2*8-9,11,13-15,18,24H,3-7,10,12H2,1H3;8,10-12H,2-7,9H2,1H3;6-7H,2-5H2,1H3;4-5H,1-3H2;2-3,6H,1,4-5H2;2-3,6H,1,4-5H2;1-4H2/b;;13-11+;;;;;/t18-,24-;;;;;;;/m0......./s1. The summed E-state index contributed by atoms with van der Waals surface area (Å²) in [7, 11) is 0. The number of aromatic nitrogens is 7. The molecule has 754 valence electrons. The Morgan fingerprint density at radius 3 is 1.25 bits per heavy atom. The number of nitrogens with zero attached hydrogens (tertiary/aromatic N) is 14. The number of pyridine rings is 7. The van der Waals surface area contributed by atoms with E-state index in [1.54, 1.807) is 107 Å². The molecule has 0 saturated heterocycles. The molecule has 0 radical (unpaired) electrons. The summed E-state index contributed by atoms with van der Waals surface area (Å²) in [6.07, 6.45) is 36.5. The van der Waals surface area contributed by atoms with E-state index in [4.69, 9.17) is 70.8 Å². The third kappa shape index (κ3) is 25.6. The fourth-order valence-corrected chi connectivity index (χ4v) is 22.0. The average Bonchev–Trinajstić information content (AvgIpc) is 1.59. The monoisotopic (exact) mass is 2010 g/mol. The lowest BCUT2D eigenvalue weighted by Crippen LogP contribution is -2.40. The Hall–Kier alpha value is -14.4. The average molecular weight is 2010 g/mol. The van der Waals surface area contributed by atoms with Gasteiger partial charge in [-0.05, 0) is 283 Å². The number of carbonyl (C=O) groups excluding carboxylic acids is 11. The lowest BCUT2D eigenvalue weighted by Gasteiger charge is -2.34. The van der Waals surface area contributed by atoms with E-state index < -0.39 is 11.9 Å². The van der Waals surface area contributed by atoms with Crippen LogP contribution in [0, 0.1) is 59.3 Å². The fourth-order valence-electron chi connectivity index (χ4n) is 21.5. The zero-order chi connectivity index (χ0) is 103. The van der Waals surface area contributed by atoms with E-state index >= 15 is 0 Å². The second kappa shape index (κ2) is 50.4. The number of nitriles is 1. The van der Waals surface area contributed by atoms with Gasteiger partial charge in [-0.2, -0.15) is 20.2 Å². The van der Waals surface area contributed by atoms with Crippen molar-refractivity contribution >= 4 is 122 Å². The van der Waals surface area contributed by atoms with E-state index in [9.17, 15) is 57.9 Å². The van der Waals surface area contributed by atoms with Crippen LogP contribution in [0.1, 0.15) is 351 Å². The highest BCUT2D eigenvalue weighted by Crippen LogP contribution is 2.49. The van der Waals surface area contributed by atoms with E-state index in [0.29, 0.717) is 167 Å². The molecular formula is C114H118Cl2N14O16. The van der Waals surface area contributed by atoms with Crippen molar-refractivity contribution in [1.82, 2.24) is 29.9 Å². The number of fused-ring (bicyclic) bond motifs is 11. The van der Waals surface area contributed by atoms with Crippen LogP contribution in [-0.2, 0) is 73.5 Å². The van der Waals surface area contributed by atoms with Gasteiger partial charge in [0.1, 0.15) is 46.1 Å². The molecule has 9 aromatic rings. The summed E-state index contributed by atoms with van der Waals surface area (Å²) in [6.45, 7) is 23.0. The second-order valence-electron chi connectivity index (χ2n) is 37.9. The molecule has 32 heteroatoms. The summed E-state index contributed by atoms with van der Waals surface area (Å²) in [5.41, 5.74) is 18.7. The van der Waals surface area contributed by atoms with Crippen LogP contribution < -0.4 is 14.7 Å². The van der Waals surface area contributed by atoms with Crippen molar-refractivity contribution in [1.29, 1.82) is 5.26 Å². The van der Waals surface area contributed by atoms with Gasteiger partial charge >= 0.3 is 23.9 Å². The van der Waals surface area contributed by atoms with Gasteiger partial charge < -0.3 is 24.2 Å². The van der Waals surface area contributed by atoms with Gasteiger partial charge in [0.2, 0.25) is 17.1 Å². The van der Waals surface area contributed by atoms with Crippen molar-refractivity contribution < 1.29 is 76.4 Å². The summed E-state index contributed by atoms with van der Waals surface area (Å²) >= 11 is 12.8.